The second-order valence-corrected chi connectivity index (χ2v) is 20.2. The van der Waals surface area contributed by atoms with Crippen molar-refractivity contribution in [1.29, 1.82) is 0 Å². The second-order valence-electron chi connectivity index (χ2n) is 17.3. The molecule has 1 aromatic heterocycles. The number of nitrogens with one attached hydrogen (secondary N) is 4. The van der Waals surface area contributed by atoms with Crippen molar-refractivity contribution in [3.05, 3.63) is 40.5 Å². The number of carbonyl (C=O) groups excluding carboxylic acids is 4. The Kier molecular flexibility index (Phi) is 13.1. The lowest BCUT2D eigenvalue weighted by Gasteiger charge is -2.33. The number of halogens is 5. The fourth-order valence-corrected chi connectivity index (χ4v) is 9.61. The zero-order chi connectivity index (χ0) is 44.9. The Morgan fingerprint density at radius 3 is 2.48 bits per heavy atom. The number of carbonyl (C=O) groups is 4. The maximum absolute atomic E-state index is 14.8. The lowest BCUT2D eigenvalue weighted by atomic mass is 9.88. The van der Waals surface area contributed by atoms with Crippen LogP contribution in [-0.4, -0.2) is 95.5 Å². The molecule has 3 heterocycles. The van der Waals surface area contributed by atoms with Gasteiger partial charge in [-0.1, -0.05) is 49.2 Å². The molecule has 7 atom stereocenters. The smallest absolute Gasteiger partial charge is 0.427 e. The van der Waals surface area contributed by atoms with Gasteiger partial charge in [-0.2, -0.15) is 13.2 Å². The Morgan fingerprint density at radius 1 is 1.11 bits per heavy atom. The van der Waals surface area contributed by atoms with Crippen molar-refractivity contribution in [2.75, 3.05) is 13.2 Å². The summed E-state index contributed by atoms with van der Waals surface area (Å²) in [6.07, 6.45) is -1.53. The number of allylic oxidation sites excluding steroid dienone is 1. The molecule has 2 aliphatic carbocycles. The third-order valence-electron chi connectivity index (χ3n) is 12.0. The highest BCUT2D eigenvalue weighted by molar-refractivity contribution is 7.91. The van der Waals surface area contributed by atoms with Gasteiger partial charge in [0.25, 0.3) is 5.91 Å². The van der Waals surface area contributed by atoms with Gasteiger partial charge >= 0.3 is 12.3 Å². The van der Waals surface area contributed by atoms with Crippen LogP contribution in [0.4, 0.5) is 18.0 Å². The normalized spacial score (nSPS) is 28.6. The lowest BCUT2D eigenvalue weighted by Crippen LogP contribution is -2.61. The monoisotopic (exact) mass is 918 g/mol. The number of nitrogens with zero attached hydrogens (tertiary/aromatic N) is 2. The minimum absolute atomic E-state index is 0.0205. The Morgan fingerprint density at radius 2 is 1.82 bits per heavy atom. The molecule has 21 heteroatoms. The van der Waals surface area contributed by atoms with Crippen LogP contribution in [0, 0.1) is 17.8 Å². The molecule has 4 N–H and O–H groups in total. The van der Waals surface area contributed by atoms with Crippen LogP contribution in [0.25, 0.3) is 10.9 Å². The summed E-state index contributed by atoms with van der Waals surface area (Å²) in [5, 5.41) is 3.21. The molecule has 2 aromatic rings. The van der Waals surface area contributed by atoms with Gasteiger partial charge < -0.3 is 24.4 Å². The van der Waals surface area contributed by atoms with Crippen molar-refractivity contribution >= 4 is 67.9 Å². The molecule has 1 saturated heterocycles. The number of hydrazine groups is 1. The molecule has 0 radical (unpaired) electrons. The van der Waals surface area contributed by atoms with Crippen LogP contribution < -0.4 is 30.4 Å². The third-order valence-corrected chi connectivity index (χ3v) is 14.8. The Balaban J connectivity index is 1.35. The number of benzene rings is 1. The van der Waals surface area contributed by atoms with Gasteiger partial charge in [-0.25, -0.2) is 23.6 Å². The van der Waals surface area contributed by atoms with Crippen molar-refractivity contribution in [3.8, 4) is 11.5 Å². The topological polar surface area (TPSA) is 194 Å². The lowest BCUT2D eigenvalue weighted by molar-refractivity contribution is -0.244. The largest absolute Gasteiger partial charge is 0.494 e. The molecule has 0 unspecified atom stereocenters. The maximum atomic E-state index is 14.8. The van der Waals surface area contributed by atoms with E-state index in [1.165, 1.54) is 11.8 Å². The molecule has 3 fully saturated rings. The first-order valence-corrected chi connectivity index (χ1v) is 22.4. The van der Waals surface area contributed by atoms with Crippen molar-refractivity contribution in [2.24, 2.45) is 17.8 Å². The fourth-order valence-electron chi connectivity index (χ4n) is 7.73. The molecule has 0 bridgehead atoms. The maximum Gasteiger partial charge on any atom is 0.427 e. The van der Waals surface area contributed by atoms with Gasteiger partial charge in [0.2, 0.25) is 27.4 Å². The minimum atomic E-state index is -4.90. The van der Waals surface area contributed by atoms with Gasteiger partial charge in [0.05, 0.1) is 28.4 Å². The molecule has 15 nitrogen and oxygen atoms in total. The molecule has 2 aliphatic heterocycles. The molecule has 61 heavy (non-hydrogen) atoms. The fraction of sp³-hybridized carbons (Fsp3) is 0.625. The minimum Gasteiger partial charge on any atom is -0.494 e. The van der Waals surface area contributed by atoms with E-state index >= 15 is 0 Å². The van der Waals surface area contributed by atoms with E-state index in [9.17, 15) is 40.8 Å². The van der Waals surface area contributed by atoms with Gasteiger partial charge in [-0.15, -0.1) is 0 Å². The van der Waals surface area contributed by atoms with Gasteiger partial charge in [0.1, 0.15) is 29.5 Å². The van der Waals surface area contributed by atoms with E-state index in [1.54, 1.807) is 31.2 Å². The highest BCUT2D eigenvalue weighted by Gasteiger charge is 2.63. The van der Waals surface area contributed by atoms with Crippen LogP contribution >= 0.6 is 23.2 Å². The molecule has 336 valence electrons. The summed E-state index contributed by atoms with van der Waals surface area (Å²) in [4.78, 5) is 61.6. The zero-order valence-electron chi connectivity index (χ0n) is 34.6. The third kappa shape index (κ3) is 9.79. The van der Waals surface area contributed by atoms with Crippen LogP contribution in [0.3, 0.4) is 0 Å². The van der Waals surface area contributed by atoms with E-state index in [1.807, 2.05) is 19.9 Å². The quantitative estimate of drug-likeness (QED) is 0.122. The van der Waals surface area contributed by atoms with Crippen molar-refractivity contribution in [2.45, 2.75) is 127 Å². The number of amides is 4. The number of hydrogen-bond acceptors (Lipinski definition) is 11. The Hall–Kier alpha value is -4.07. The van der Waals surface area contributed by atoms with E-state index in [4.69, 9.17) is 32.7 Å². The van der Waals surface area contributed by atoms with E-state index in [0.717, 1.165) is 0 Å². The van der Waals surface area contributed by atoms with E-state index in [-0.39, 0.29) is 41.2 Å². The summed E-state index contributed by atoms with van der Waals surface area (Å²) in [5.74, 6) is -3.15. The summed E-state index contributed by atoms with van der Waals surface area (Å²) in [6.45, 7) is 8.49. The number of hydrogen-bond donors (Lipinski definition) is 4. The van der Waals surface area contributed by atoms with E-state index in [0.29, 0.717) is 69.2 Å². The molecule has 4 aliphatic rings. The molecule has 4 amide bonds. The Labute approximate surface area is 362 Å². The van der Waals surface area contributed by atoms with E-state index in [2.05, 4.69) is 30.6 Å². The van der Waals surface area contributed by atoms with Crippen LogP contribution in [0.2, 0.25) is 10.2 Å². The molecular weight excluding hydrogens is 868 g/mol. The summed E-state index contributed by atoms with van der Waals surface area (Å²) in [7, 11) is -4.10. The van der Waals surface area contributed by atoms with Crippen molar-refractivity contribution < 1.29 is 55.0 Å². The van der Waals surface area contributed by atoms with Crippen LogP contribution in [0.15, 0.2) is 30.4 Å². The highest BCUT2D eigenvalue weighted by atomic mass is 35.5. The van der Waals surface area contributed by atoms with Gasteiger partial charge in [0, 0.05) is 17.7 Å². The summed E-state index contributed by atoms with van der Waals surface area (Å²) < 4.78 is 84.8. The second kappa shape index (κ2) is 17.2. The molecule has 1 aromatic carbocycles. The summed E-state index contributed by atoms with van der Waals surface area (Å²) >= 11 is 13.5. The number of ether oxygens (including phenoxy) is 3. The van der Waals surface area contributed by atoms with Crippen LogP contribution in [-0.2, 0) is 29.1 Å². The number of alkyl halides is 3. The molecule has 2 saturated carbocycles. The van der Waals surface area contributed by atoms with Crippen LogP contribution in [0.5, 0.6) is 11.5 Å². The molecule has 0 spiro atoms. The Bertz CT molecular complexity index is 2210. The van der Waals surface area contributed by atoms with Crippen molar-refractivity contribution in [1.82, 2.24) is 30.8 Å². The number of sulfonamides is 1. The average Bonchev–Trinajstić information content (AvgIpc) is 4.04. The van der Waals surface area contributed by atoms with Crippen molar-refractivity contribution in [3.63, 3.8) is 0 Å². The standard InChI is InChI=1S/C40H51Cl2F3N6O9S/c1-7-58-24-12-13-27-26(17-24)29(41)31(32(42)46-27)59-25-18-28-33(52)47-39(35(54)50-61(56,57)38(6)14-15-38)19-23(39)11-9-8-10-21(2)16-22(3)30(34(53)51(28)20-25)48-49-36(55)60-37(4,5)40(43,44)45/h9,11-13,17,21-23,25,28,30,48H,7-8,10,14-16,18-20H2,1-6H3,(H,47,52)(H,49,55)(H,50,54)/b11-9-/t21-,22-,23-,25-,28+,30+,39-/m1/s1. The predicted molar refractivity (Wildman–Crippen MR) is 219 cm³/mol. The van der Waals surface area contributed by atoms with Gasteiger partial charge in [-0.3, -0.25) is 24.5 Å². The zero-order valence-corrected chi connectivity index (χ0v) is 36.9. The first-order chi connectivity index (χ1) is 28.4. The SMILES string of the molecule is CCOc1ccc2nc(Cl)c(O[C@@H]3C[C@H]4C(=O)N[C@]5(C(=O)NS(=O)(=O)C6(C)CC6)C[C@H]5/C=C\CC[C@@H](C)C[C@@H](C)[C@H](NNC(=O)OC(C)(C)C(F)(F)F)C(=O)N4C3)c(Cl)c2c1. The number of aromatic nitrogens is 1. The number of pyridine rings is 1. The summed E-state index contributed by atoms with van der Waals surface area (Å²) in [5.41, 5.74) is 0.578. The first kappa shape index (κ1) is 46.4. The number of rotatable bonds is 10. The van der Waals surface area contributed by atoms with Gasteiger partial charge in [0.15, 0.2) is 10.9 Å². The predicted octanol–water partition coefficient (Wildman–Crippen LogP) is 6.11. The summed E-state index contributed by atoms with van der Waals surface area (Å²) in [6, 6.07) is 2.36. The molecular formula is C40H51Cl2F3N6O9S. The van der Waals surface area contributed by atoms with Crippen LogP contribution in [0.1, 0.15) is 86.5 Å². The average molecular weight is 920 g/mol. The van der Waals surface area contributed by atoms with Gasteiger partial charge in [-0.05, 0) is 96.3 Å². The molecule has 6 rings (SSSR count). The number of fused-ring (bicyclic) bond motifs is 3. The highest BCUT2D eigenvalue weighted by Crippen LogP contribution is 2.48. The van der Waals surface area contributed by atoms with E-state index < -0.39 is 85.9 Å². The first-order valence-electron chi connectivity index (χ1n) is 20.2.